The van der Waals surface area contributed by atoms with Crippen LogP contribution in [0, 0.1) is 5.82 Å². The van der Waals surface area contributed by atoms with E-state index in [0.29, 0.717) is 13.0 Å². The van der Waals surface area contributed by atoms with Crippen LogP contribution in [0.3, 0.4) is 0 Å². The van der Waals surface area contributed by atoms with Crippen molar-refractivity contribution < 1.29 is 4.39 Å². The van der Waals surface area contributed by atoms with Gasteiger partial charge < -0.3 is 15.6 Å². The van der Waals surface area contributed by atoms with Crippen molar-refractivity contribution in [1.29, 1.82) is 0 Å². The summed E-state index contributed by atoms with van der Waals surface area (Å²) in [5, 5.41) is 16.1. The number of aromatic amines is 1. The molecule has 4 rings (SSSR count). The minimum absolute atomic E-state index is 0. The Morgan fingerprint density at radius 2 is 2.07 bits per heavy atom. The molecule has 0 aliphatic carbocycles. The number of rotatable bonds is 7. The van der Waals surface area contributed by atoms with Gasteiger partial charge in [0.2, 0.25) is 0 Å². The van der Waals surface area contributed by atoms with E-state index in [-0.39, 0.29) is 29.8 Å². The van der Waals surface area contributed by atoms with E-state index in [0.717, 1.165) is 53.4 Å². The third-order valence-corrected chi connectivity index (χ3v) is 4.75. The van der Waals surface area contributed by atoms with Crippen LogP contribution in [0.25, 0.3) is 16.6 Å². The Bertz CT molecular complexity index is 1130. The molecule has 3 N–H and O–H groups in total. The van der Waals surface area contributed by atoms with Gasteiger partial charge in [-0.1, -0.05) is 6.07 Å². The third kappa shape index (κ3) is 5.07. The highest BCUT2D eigenvalue weighted by Gasteiger charge is 2.06. The molecule has 0 aliphatic heterocycles. The zero-order valence-corrected chi connectivity index (χ0v) is 19.1. The van der Waals surface area contributed by atoms with Gasteiger partial charge in [0.15, 0.2) is 11.6 Å². The van der Waals surface area contributed by atoms with Gasteiger partial charge in [0.1, 0.15) is 11.6 Å². The molecule has 9 heteroatoms. The fourth-order valence-electron chi connectivity index (χ4n) is 3.35. The van der Waals surface area contributed by atoms with Crippen molar-refractivity contribution in [2.45, 2.75) is 19.8 Å². The average Bonchev–Trinajstić information content (AvgIpc) is 3.32. The van der Waals surface area contributed by atoms with Crippen LogP contribution in [0.1, 0.15) is 18.3 Å². The smallest absolute Gasteiger partial charge is 0.191 e. The van der Waals surface area contributed by atoms with Gasteiger partial charge in [-0.3, -0.25) is 9.39 Å². The van der Waals surface area contributed by atoms with E-state index in [2.05, 4.69) is 30.8 Å². The monoisotopic (exact) mass is 521 g/mol. The molecule has 3 heterocycles. The number of aliphatic imine (C=N–C) groups is 1. The van der Waals surface area contributed by atoms with Gasteiger partial charge in [-0.25, -0.2) is 4.39 Å². The lowest BCUT2D eigenvalue weighted by Gasteiger charge is -2.11. The average molecular weight is 521 g/mol. The zero-order valence-electron chi connectivity index (χ0n) is 16.7. The fourth-order valence-corrected chi connectivity index (χ4v) is 3.35. The summed E-state index contributed by atoms with van der Waals surface area (Å²) >= 11 is 0. The molecule has 1 aromatic carbocycles. The first kappa shape index (κ1) is 22.0. The predicted molar refractivity (Wildman–Crippen MR) is 128 cm³/mol. The first-order valence-electron chi connectivity index (χ1n) is 9.81. The van der Waals surface area contributed by atoms with Crippen LogP contribution in [0.4, 0.5) is 4.39 Å². The second-order valence-electron chi connectivity index (χ2n) is 6.74. The number of hydrogen-bond donors (Lipinski definition) is 3. The van der Waals surface area contributed by atoms with Crippen LogP contribution in [0.2, 0.25) is 0 Å². The molecule has 0 radical (unpaired) electrons. The summed E-state index contributed by atoms with van der Waals surface area (Å²) in [4.78, 5) is 7.77. The van der Waals surface area contributed by atoms with Crippen LogP contribution in [0.15, 0.2) is 53.8 Å². The van der Waals surface area contributed by atoms with Crippen molar-refractivity contribution in [2.75, 3.05) is 19.6 Å². The third-order valence-electron chi connectivity index (χ3n) is 4.75. The molecule has 3 aromatic heterocycles. The number of aromatic nitrogens is 4. The fraction of sp³-hybridized carbons (Fsp3) is 0.286. The van der Waals surface area contributed by atoms with E-state index in [1.807, 2.05) is 48.0 Å². The second-order valence-corrected chi connectivity index (χ2v) is 6.74. The van der Waals surface area contributed by atoms with Crippen molar-refractivity contribution in [1.82, 2.24) is 30.2 Å². The van der Waals surface area contributed by atoms with Gasteiger partial charge in [0.25, 0.3) is 0 Å². The van der Waals surface area contributed by atoms with E-state index >= 15 is 0 Å². The van der Waals surface area contributed by atoms with Crippen LogP contribution >= 0.6 is 24.0 Å². The van der Waals surface area contributed by atoms with Crippen molar-refractivity contribution in [3.05, 3.63) is 66.0 Å². The predicted octanol–water partition coefficient (Wildman–Crippen LogP) is 3.31. The van der Waals surface area contributed by atoms with E-state index in [4.69, 9.17) is 0 Å². The summed E-state index contributed by atoms with van der Waals surface area (Å²) in [6.45, 7) is 4.16. The summed E-state index contributed by atoms with van der Waals surface area (Å²) < 4.78 is 15.3. The number of nitrogens with zero attached hydrogens (tertiary/aromatic N) is 4. The highest BCUT2D eigenvalue weighted by atomic mass is 127. The molecule has 0 bridgehead atoms. The minimum Gasteiger partial charge on any atom is -0.361 e. The Labute approximate surface area is 191 Å². The largest absolute Gasteiger partial charge is 0.361 e. The quantitative estimate of drug-likeness (QED) is 0.198. The molecule has 30 heavy (non-hydrogen) atoms. The lowest BCUT2D eigenvalue weighted by atomic mass is 10.1. The normalized spacial score (nSPS) is 11.6. The summed E-state index contributed by atoms with van der Waals surface area (Å²) in [6.07, 6.45) is 5.41. The van der Waals surface area contributed by atoms with Crippen molar-refractivity contribution in [2.24, 2.45) is 4.99 Å². The van der Waals surface area contributed by atoms with Crippen molar-refractivity contribution in [3.8, 4) is 0 Å². The molecule has 0 aliphatic rings. The Hall–Kier alpha value is -2.69. The minimum atomic E-state index is -0.231. The maximum absolute atomic E-state index is 13.3. The van der Waals surface area contributed by atoms with Gasteiger partial charge in [-0.2, -0.15) is 0 Å². The number of benzene rings is 1. The molecule has 0 fully saturated rings. The topological polar surface area (TPSA) is 82.4 Å². The number of nitrogens with one attached hydrogen (secondary N) is 3. The SMILES string of the molecule is CCNC(=NCCc1nnc2ccccn12)NCCc1c[nH]c2cc(F)ccc12.I. The number of fused-ring (bicyclic) bond motifs is 2. The molecule has 158 valence electrons. The number of hydrogen-bond acceptors (Lipinski definition) is 3. The highest BCUT2D eigenvalue weighted by Crippen LogP contribution is 2.19. The van der Waals surface area contributed by atoms with Crippen LogP contribution < -0.4 is 10.6 Å². The lowest BCUT2D eigenvalue weighted by molar-refractivity contribution is 0.629. The van der Waals surface area contributed by atoms with E-state index < -0.39 is 0 Å². The number of H-pyrrole nitrogens is 1. The highest BCUT2D eigenvalue weighted by molar-refractivity contribution is 14.0. The lowest BCUT2D eigenvalue weighted by Crippen LogP contribution is -2.38. The second kappa shape index (κ2) is 10.4. The van der Waals surface area contributed by atoms with Gasteiger partial charge in [-0.15, -0.1) is 34.2 Å². The Kier molecular flexibility index (Phi) is 7.61. The molecule has 0 amide bonds. The van der Waals surface area contributed by atoms with Gasteiger partial charge in [0.05, 0.1) is 0 Å². The van der Waals surface area contributed by atoms with E-state index in [1.54, 1.807) is 0 Å². The maximum atomic E-state index is 13.3. The van der Waals surface area contributed by atoms with Crippen LogP contribution in [-0.4, -0.2) is 45.2 Å². The molecule has 0 saturated heterocycles. The van der Waals surface area contributed by atoms with Crippen LogP contribution in [-0.2, 0) is 12.8 Å². The number of guanidine groups is 1. The van der Waals surface area contributed by atoms with E-state index in [1.165, 1.54) is 12.1 Å². The molecular weight excluding hydrogens is 496 g/mol. The first-order chi connectivity index (χ1) is 14.2. The molecule has 0 unspecified atom stereocenters. The van der Waals surface area contributed by atoms with Crippen molar-refractivity contribution >= 4 is 46.5 Å². The Morgan fingerprint density at radius 3 is 2.93 bits per heavy atom. The summed E-state index contributed by atoms with van der Waals surface area (Å²) in [7, 11) is 0. The molecule has 0 spiro atoms. The number of pyridine rings is 1. The molecule has 7 nitrogen and oxygen atoms in total. The maximum Gasteiger partial charge on any atom is 0.191 e. The summed E-state index contributed by atoms with van der Waals surface area (Å²) in [5.41, 5.74) is 2.81. The Balaban J connectivity index is 0.00000256. The van der Waals surface area contributed by atoms with Crippen LogP contribution in [0.5, 0.6) is 0 Å². The Morgan fingerprint density at radius 1 is 1.17 bits per heavy atom. The first-order valence-corrected chi connectivity index (χ1v) is 9.81. The molecular formula is C21H25FIN7. The van der Waals surface area contributed by atoms with Gasteiger partial charge >= 0.3 is 0 Å². The molecule has 0 saturated carbocycles. The molecule has 4 aromatic rings. The van der Waals surface area contributed by atoms with Crippen molar-refractivity contribution in [3.63, 3.8) is 0 Å². The summed E-state index contributed by atoms with van der Waals surface area (Å²) in [5.74, 6) is 1.43. The standard InChI is InChI=1S/C21H24FN7.HI/c1-2-23-21(25-11-9-20-28-27-19-5-3-4-12-29(19)20)24-10-8-15-14-26-18-13-16(22)6-7-17(15)18;/h3-7,12-14,26H,2,8-11H2,1H3,(H2,23,24,25);1H. The van der Waals surface area contributed by atoms with Gasteiger partial charge in [0, 0.05) is 49.4 Å². The van der Waals surface area contributed by atoms with E-state index in [9.17, 15) is 4.39 Å². The zero-order chi connectivity index (χ0) is 20.1. The number of halogens is 2. The molecule has 0 atom stereocenters. The summed E-state index contributed by atoms with van der Waals surface area (Å²) in [6, 6.07) is 10.7. The van der Waals surface area contributed by atoms with Gasteiger partial charge in [-0.05, 0) is 49.2 Å².